The van der Waals surface area contributed by atoms with E-state index >= 15 is 0 Å². The Balaban J connectivity index is 2.69. The zero-order valence-corrected chi connectivity index (χ0v) is 6.30. The van der Waals surface area contributed by atoms with Crippen LogP contribution < -0.4 is 0 Å². The van der Waals surface area contributed by atoms with Crippen LogP contribution in [0.2, 0.25) is 5.15 Å². The van der Waals surface area contributed by atoms with E-state index in [4.69, 9.17) is 16.3 Å². The average molecular weight is 159 g/mol. The molecule has 1 aromatic heterocycles. The van der Waals surface area contributed by atoms with Crippen molar-refractivity contribution in [3.05, 3.63) is 23.0 Å². The van der Waals surface area contributed by atoms with Gasteiger partial charge in [-0.1, -0.05) is 11.6 Å². The van der Waals surface area contributed by atoms with Gasteiger partial charge in [0.05, 0.1) is 12.3 Å². The second-order valence-corrected chi connectivity index (χ2v) is 2.17. The Labute approximate surface area is 64.0 Å². The summed E-state index contributed by atoms with van der Waals surface area (Å²) in [7, 11) is 1.61. The van der Waals surface area contributed by atoms with E-state index in [2.05, 4.69) is 10.2 Å². The third-order valence-electron chi connectivity index (χ3n) is 0.979. The Morgan fingerprint density at radius 3 is 2.80 bits per heavy atom. The molecule has 1 aromatic rings. The highest BCUT2D eigenvalue weighted by molar-refractivity contribution is 6.29. The summed E-state index contributed by atoms with van der Waals surface area (Å²) in [6, 6.07) is 3.46. The van der Waals surface area contributed by atoms with E-state index < -0.39 is 0 Å². The fourth-order valence-electron chi connectivity index (χ4n) is 0.568. The molecule has 0 fully saturated rings. The lowest BCUT2D eigenvalue weighted by molar-refractivity contribution is 0.180. The van der Waals surface area contributed by atoms with Crippen LogP contribution in [0, 0.1) is 0 Å². The molecule has 0 radical (unpaired) electrons. The van der Waals surface area contributed by atoms with Crippen molar-refractivity contribution in [1.82, 2.24) is 10.2 Å². The lowest BCUT2D eigenvalue weighted by Crippen LogP contribution is -1.93. The largest absolute Gasteiger partial charge is 0.378 e. The third-order valence-corrected chi connectivity index (χ3v) is 1.18. The Morgan fingerprint density at radius 2 is 2.30 bits per heavy atom. The van der Waals surface area contributed by atoms with E-state index in [-0.39, 0.29) is 0 Å². The van der Waals surface area contributed by atoms with Crippen LogP contribution in [0.1, 0.15) is 5.69 Å². The summed E-state index contributed by atoms with van der Waals surface area (Å²) in [5.41, 5.74) is 0.784. The van der Waals surface area contributed by atoms with Crippen LogP contribution in [0.5, 0.6) is 0 Å². The summed E-state index contributed by atoms with van der Waals surface area (Å²) < 4.78 is 4.82. The van der Waals surface area contributed by atoms with Gasteiger partial charge in [-0.2, -0.15) is 5.10 Å². The van der Waals surface area contributed by atoms with Gasteiger partial charge in [-0.05, 0) is 12.1 Å². The van der Waals surface area contributed by atoms with Crippen molar-refractivity contribution in [3.63, 3.8) is 0 Å². The highest BCUT2D eigenvalue weighted by Gasteiger charge is 1.92. The zero-order valence-electron chi connectivity index (χ0n) is 5.54. The van der Waals surface area contributed by atoms with Crippen molar-refractivity contribution in [1.29, 1.82) is 0 Å². The predicted molar refractivity (Wildman–Crippen MR) is 37.8 cm³/mol. The normalized spacial score (nSPS) is 9.80. The molecule has 54 valence electrons. The lowest BCUT2D eigenvalue weighted by atomic mass is 10.4. The lowest BCUT2D eigenvalue weighted by Gasteiger charge is -1.94. The second-order valence-electron chi connectivity index (χ2n) is 1.78. The Kier molecular flexibility index (Phi) is 2.59. The monoisotopic (exact) mass is 158 g/mol. The van der Waals surface area contributed by atoms with E-state index in [9.17, 15) is 0 Å². The average Bonchev–Trinajstić information content (AvgIpc) is 1.95. The van der Waals surface area contributed by atoms with Crippen molar-refractivity contribution >= 4 is 11.6 Å². The molecule has 0 N–H and O–H groups in total. The quantitative estimate of drug-likeness (QED) is 0.651. The van der Waals surface area contributed by atoms with Crippen LogP contribution in [-0.2, 0) is 11.3 Å². The highest BCUT2D eigenvalue weighted by Crippen LogP contribution is 2.02. The molecule has 0 aliphatic carbocycles. The van der Waals surface area contributed by atoms with Gasteiger partial charge in [0.2, 0.25) is 0 Å². The molecule has 0 unspecified atom stereocenters. The Hall–Kier alpha value is -0.670. The molecule has 0 atom stereocenters. The summed E-state index contributed by atoms with van der Waals surface area (Å²) in [4.78, 5) is 0. The molecule has 0 aliphatic heterocycles. The first-order valence-corrected chi connectivity index (χ1v) is 3.18. The number of aromatic nitrogens is 2. The molecule has 1 heterocycles. The maximum atomic E-state index is 5.50. The number of ether oxygens (including phenoxy) is 1. The zero-order chi connectivity index (χ0) is 7.40. The van der Waals surface area contributed by atoms with E-state index in [0.29, 0.717) is 11.8 Å². The van der Waals surface area contributed by atoms with Gasteiger partial charge in [-0.25, -0.2) is 0 Å². The molecule has 0 aliphatic rings. The molecule has 0 bridgehead atoms. The van der Waals surface area contributed by atoms with Crippen LogP contribution in [0.25, 0.3) is 0 Å². The number of halogens is 1. The number of methoxy groups -OCH3 is 1. The topological polar surface area (TPSA) is 35.0 Å². The van der Waals surface area contributed by atoms with E-state index in [1.54, 1.807) is 19.2 Å². The molecule has 0 saturated heterocycles. The van der Waals surface area contributed by atoms with E-state index in [1.807, 2.05) is 0 Å². The van der Waals surface area contributed by atoms with Crippen LogP contribution in [0.3, 0.4) is 0 Å². The van der Waals surface area contributed by atoms with Crippen LogP contribution in [0.4, 0.5) is 0 Å². The van der Waals surface area contributed by atoms with Crippen molar-refractivity contribution in [2.45, 2.75) is 6.61 Å². The van der Waals surface area contributed by atoms with E-state index in [1.165, 1.54) is 0 Å². The van der Waals surface area contributed by atoms with Crippen LogP contribution in [0.15, 0.2) is 12.1 Å². The molecular weight excluding hydrogens is 152 g/mol. The summed E-state index contributed by atoms with van der Waals surface area (Å²) in [6.45, 7) is 0.476. The maximum absolute atomic E-state index is 5.50. The minimum absolute atomic E-state index is 0.403. The van der Waals surface area contributed by atoms with Gasteiger partial charge in [-0.3, -0.25) is 0 Å². The molecule has 0 aromatic carbocycles. The summed E-state index contributed by atoms with van der Waals surface area (Å²) in [5, 5.41) is 7.80. The third kappa shape index (κ3) is 1.93. The van der Waals surface area contributed by atoms with Crippen molar-refractivity contribution < 1.29 is 4.74 Å². The summed E-state index contributed by atoms with van der Waals surface area (Å²) in [6.07, 6.45) is 0. The van der Waals surface area contributed by atoms with Gasteiger partial charge < -0.3 is 4.74 Å². The summed E-state index contributed by atoms with van der Waals surface area (Å²) >= 11 is 5.50. The first-order chi connectivity index (χ1) is 4.83. The van der Waals surface area contributed by atoms with Crippen molar-refractivity contribution in [3.8, 4) is 0 Å². The van der Waals surface area contributed by atoms with Gasteiger partial charge in [0, 0.05) is 7.11 Å². The summed E-state index contributed by atoms with van der Waals surface area (Å²) in [5.74, 6) is 0. The van der Waals surface area contributed by atoms with Crippen LogP contribution in [-0.4, -0.2) is 17.3 Å². The van der Waals surface area contributed by atoms with Gasteiger partial charge >= 0.3 is 0 Å². The van der Waals surface area contributed by atoms with Gasteiger partial charge in [0.1, 0.15) is 0 Å². The maximum Gasteiger partial charge on any atom is 0.151 e. The van der Waals surface area contributed by atoms with Crippen LogP contribution >= 0.6 is 11.6 Å². The van der Waals surface area contributed by atoms with Gasteiger partial charge in [-0.15, -0.1) is 5.10 Å². The van der Waals surface area contributed by atoms with E-state index in [0.717, 1.165) is 5.69 Å². The minimum Gasteiger partial charge on any atom is -0.378 e. The predicted octanol–water partition coefficient (Wildman–Crippen LogP) is 1.28. The number of hydrogen-bond acceptors (Lipinski definition) is 3. The molecular formula is C6H7ClN2O. The van der Waals surface area contributed by atoms with Crippen molar-refractivity contribution in [2.75, 3.05) is 7.11 Å². The first kappa shape index (κ1) is 7.44. The first-order valence-electron chi connectivity index (χ1n) is 2.80. The van der Waals surface area contributed by atoms with Gasteiger partial charge in [0.25, 0.3) is 0 Å². The standard InChI is InChI=1S/C6H7ClN2O/c1-10-4-5-2-3-6(7)9-8-5/h2-3H,4H2,1H3. The fraction of sp³-hybridized carbons (Fsp3) is 0.333. The second kappa shape index (κ2) is 3.49. The molecule has 0 amide bonds. The molecule has 4 heteroatoms. The van der Waals surface area contributed by atoms with Crippen molar-refractivity contribution in [2.24, 2.45) is 0 Å². The smallest absolute Gasteiger partial charge is 0.151 e. The molecule has 3 nitrogen and oxygen atoms in total. The molecule has 0 saturated carbocycles. The fourth-order valence-corrected chi connectivity index (χ4v) is 0.669. The number of hydrogen-bond donors (Lipinski definition) is 0. The van der Waals surface area contributed by atoms with Gasteiger partial charge in [0.15, 0.2) is 5.15 Å². The SMILES string of the molecule is COCc1ccc(Cl)nn1. The Morgan fingerprint density at radius 1 is 1.50 bits per heavy atom. The molecule has 1 rings (SSSR count). The number of rotatable bonds is 2. The minimum atomic E-state index is 0.403. The Bertz CT molecular complexity index is 199. The number of nitrogens with zero attached hydrogens (tertiary/aromatic N) is 2. The highest BCUT2D eigenvalue weighted by atomic mass is 35.5. The molecule has 10 heavy (non-hydrogen) atoms. The molecule has 0 spiro atoms.